The first-order chi connectivity index (χ1) is 16.7. The predicted molar refractivity (Wildman–Crippen MR) is 131 cm³/mol. The lowest BCUT2D eigenvalue weighted by molar-refractivity contribution is 0.0270. The minimum Gasteiger partial charge on any atom is -0.491 e. The third kappa shape index (κ3) is 4.65. The van der Waals surface area contributed by atoms with Crippen molar-refractivity contribution in [2.45, 2.75) is 59.2 Å². The summed E-state index contributed by atoms with van der Waals surface area (Å²) in [6.45, 7) is 12.1. The zero-order valence-corrected chi connectivity index (χ0v) is 20.9. The van der Waals surface area contributed by atoms with Crippen molar-refractivity contribution in [1.29, 1.82) is 0 Å². The molecule has 0 spiro atoms. The fourth-order valence-corrected chi connectivity index (χ4v) is 4.27. The monoisotopic (exact) mass is 477 g/mol. The van der Waals surface area contributed by atoms with Crippen LogP contribution in [0.5, 0.6) is 5.75 Å². The average molecular weight is 478 g/mol. The normalized spacial score (nSPS) is 15.7. The van der Waals surface area contributed by atoms with Crippen LogP contribution in [0.4, 0.5) is 4.79 Å². The van der Waals surface area contributed by atoms with Crippen molar-refractivity contribution in [1.82, 2.24) is 34.2 Å². The zero-order chi connectivity index (χ0) is 24.7. The summed E-state index contributed by atoms with van der Waals surface area (Å²) in [5.74, 6) is 2.31. The van der Waals surface area contributed by atoms with Crippen LogP contribution in [0, 0.1) is 0 Å². The molecule has 184 valence electrons. The van der Waals surface area contributed by atoms with E-state index in [2.05, 4.69) is 28.5 Å². The summed E-state index contributed by atoms with van der Waals surface area (Å²) in [6, 6.07) is 2.16. The third-order valence-corrected chi connectivity index (χ3v) is 5.95. The van der Waals surface area contributed by atoms with Crippen LogP contribution < -0.4 is 4.74 Å². The van der Waals surface area contributed by atoms with Gasteiger partial charge in [-0.2, -0.15) is 5.10 Å². The van der Waals surface area contributed by atoms with Crippen LogP contribution in [-0.2, 0) is 11.3 Å². The molecule has 0 N–H and O–H groups in total. The molecule has 5 rings (SSSR count). The summed E-state index contributed by atoms with van der Waals surface area (Å²) in [5, 5.41) is 4.34. The molecular weight excluding hydrogens is 446 g/mol. The van der Waals surface area contributed by atoms with Gasteiger partial charge in [0.15, 0.2) is 5.82 Å². The Balaban J connectivity index is 1.40. The van der Waals surface area contributed by atoms with Crippen LogP contribution in [-0.4, -0.2) is 65.6 Å². The van der Waals surface area contributed by atoms with Gasteiger partial charge in [0, 0.05) is 37.6 Å². The summed E-state index contributed by atoms with van der Waals surface area (Å²) in [7, 11) is 0. The Kier molecular flexibility index (Phi) is 5.82. The van der Waals surface area contributed by atoms with Crippen molar-refractivity contribution in [2.24, 2.45) is 0 Å². The second-order valence-corrected chi connectivity index (χ2v) is 10.1. The Labute approximate surface area is 204 Å². The van der Waals surface area contributed by atoms with Gasteiger partial charge < -0.3 is 18.9 Å². The molecule has 1 amide bonds. The molecule has 10 heteroatoms. The lowest BCUT2D eigenvalue weighted by atomic mass is 10.0. The van der Waals surface area contributed by atoms with Crippen molar-refractivity contribution < 1.29 is 14.3 Å². The summed E-state index contributed by atoms with van der Waals surface area (Å²) in [5.41, 5.74) is 3.06. The Morgan fingerprint density at radius 1 is 1.14 bits per heavy atom. The van der Waals surface area contributed by atoms with E-state index < -0.39 is 5.60 Å². The number of carbonyl (C=O) groups excluding carboxylic acids is 1. The first-order valence-corrected chi connectivity index (χ1v) is 12.0. The highest BCUT2D eigenvalue weighted by Gasteiger charge is 2.26. The number of imidazole rings is 1. The van der Waals surface area contributed by atoms with E-state index in [-0.39, 0.29) is 12.1 Å². The molecule has 35 heavy (non-hydrogen) atoms. The molecule has 3 aromatic rings. The number of nitrogens with zero attached hydrogens (tertiary/aromatic N) is 7. The molecule has 0 aliphatic carbocycles. The van der Waals surface area contributed by atoms with E-state index in [9.17, 15) is 4.79 Å². The second kappa shape index (κ2) is 8.83. The number of carbonyl (C=O) groups is 1. The number of hydrogen-bond acceptors (Lipinski definition) is 7. The molecule has 0 saturated heterocycles. The maximum Gasteiger partial charge on any atom is 0.410 e. The molecule has 0 atom stereocenters. The number of ether oxygens (including phenoxy) is 2. The highest BCUT2D eigenvalue weighted by atomic mass is 16.6. The number of fused-ring (bicyclic) bond motifs is 3. The molecule has 2 aliphatic heterocycles. The van der Waals surface area contributed by atoms with Crippen molar-refractivity contribution in [3.63, 3.8) is 0 Å². The first-order valence-electron chi connectivity index (χ1n) is 12.0. The summed E-state index contributed by atoms with van der Waals surface area (Å²) in [4.78, 5) is 28.1. The highest BCUT2D eigenvalue weighted by Crippen LogP contribution is 2.35. The fraction of sp³-hybridized carbons (Fsp3) is 0.480. The van der Waals surface area contributed by atoms with Crippen molar-refractivity contribution in [2.75, 3.05) is 19.7 Å². The Morgan fingerprint density at radius 2 is 1.97 bits per heavy atom. The third-order valence-electron chi connectivity index (χ3n) is 5.95. The molecule has 3 aromatic heterocycles. The fourth-order valence-electron chi connectivity index (χ4n) is 4.27. The lowest BCUT2D eigenvalue weighted by Crippen LogP contribution is -2.39. The Bertz CT molecular complexity index is 1280. The van der Waals surface area contributed by atoms with Crippen LogP contribution in [0.15, 0.2) is 30.9 Å². The van der Waals surface area contributed by atoms with E-state index in [1.54, 1.807) is 11.2 Å². The van der Waals surface area contributed by atoms with E-state index in [0.717, 1.165) is 39.9 Å². The molecular formula is C25H31N7O3. The van der Waals surface area contributed by atoms with Gasteiger partial charge in [-0.1, -0.05) is 6.08 Å². The molecule has 0 fully saturated rings. The van der Waals surface area contributed by atoms with Crippen LogP contribution in [0.3, 0.4) is 0 Å². The van der Waals surface area contributed by atoms with Gasteiger partial charge in [-0.3, -0.25) is 4.98 Å². The average Bonchev–Trinajstić information content (AvgIpc) is 3.42. The molecule has 0 radical (unpaired) electrons. The van der Waals surface area contributed by atoms with Gasteiger partial charge in [-0.15, -0.1) is 0 Å². The Hall–Kier alpha value is -3.69. The second-order valence-electron chi connectivity index (χ2n) is 10.1. The molecule has 2 aliphatic rings. The van der Waals surface area contributed by atoms with Gasteiger partial charge in [0.2, 0.25) is 0 Å². The molecule has 5 heterocycles. The Morgan fingerprint density at radius 3 is 2.69 bits per heavy atom. The largest absolute Gasteiger partial charge is 0.491 e. The lowest BCUT2D eigenvalue weighted by Gasteiger charge is -2.29. The van der Waals surface area contributed by atoms with Gasteiger partial charge in [-0.05, 0) is 46.6 Å². The molecule has 10 nitrogen and oxygen atoms in total. The van der Waals surface area contributed by atoms with Crippen molar-refractivity contribution >= 4 is 11.7 Å². The SMILES string of the molecule is CC(C)n1ncnc1-c1cn2c(n1)-c1cnc(C3=CCN(C(=O)OC(C)(C)C)CC3)cc1OCC2. The molecule has 0 saturated carbocycles. The van der Waals surface area contributed by atoms with E-state index in [4.69, 9.17) is 19.4 Å². The number of aromatic nitrogens is 6. The van der Waals surface area contributed by atoms with Crippen LogP contribution in [0.2, 0.25) is 0 Å². The van der Waals surface area contributed by atoms with Crippen LogP contribution in [0.25, 0.3) is 28.5 Å². The van der Waals surface area contributed by atoms with E-state index in [1.807, 2.05) is 50.0 Å². The van der Waals surface area contributed by atoms with E-state index in [1.165, 1.54) is 0 Å². The van der Waals surface area contributed by atoms with Crippen molar-refractivity contribution in [3.8, 4) is 28.7 Å². The maximum atomic E-state index is 12.4. The summed E-state index contributed by atoms with van der Waals surface area (Å²) < 4.78 is 15.5. The summed E-state index contributed by atoms with van der Waals surface area (Å²) in [6.07, 6.45) is 7.84. The smallest absolute Gasteiger partial charge is 0.410 e. The number of hydrogen-bond donors (Lipinski definition) is 0. The van der Waals surface area contributed by atoms with Crippen molar-refractivity contribution in [3.05, 3.63) is 36.6 Å². The quantitative estimate of drug-likeness (QED) is 0.557. The number of amides is 1. The maximum absolute atomic E-state index is 12.4. The van der Waals surface area contributed by atoms with Gasteiger partial charge in [0.25, 0.3) is 0 Å². The predicted octanol–water partition coefficient (Wildman–Crippen LogP) is 4.20. The van der Waals surface area contributed by atoms with Gasteiger partial charge in [0.05, 0.1) is 17.8 Å². The standard InChI is InChI=1S/C25H31N7O3/c1-16(2)32-23(27-15-28-32)20-14-31-10-11-34-21-12-19(26-13-18(21)22(31)29-20)17-6-8-30(9-7-17)24(33)35-25(3,4)5/h6,12-16H,7-11H2,1-5H3. The highest BCUT2D eigenvalue weighted by molar-refractivity contribution is 5.74. The minimum atomic E-state index is -0.507. The zero-order valence-electron chi connectivity index (χ0n) is 20.9. The molecule has 0 bridgehead atoms. The topological polar surface area (TPSA) is 100 Å². The van der Waals surface area contributed by atoms with Gasteiger partial charge in [-0.25, -0.2) is 19.4 Å². The molecule has 0 aromatic carbocycles. The van der Waals surface area contributed by atoms with Gasteiger partial charge in [0.1, 0.15) is 35.8 Å². The number of pyridine rings is 1. The minimum absolute atomic E-state index is 0.184. The summed E-state index contributed by atoms with van der Waals surface area (Å²) >= 11 is 0. The van der Waals surface area contributed by atoms with Crippen LogP contribution in [0.1, 0.15) is 52.8 Å². The first kappa shape index (κ1) is 23.1. The van der Waals surface area contributed by atoms with E-state index >= 15 is 0 Å². The van der Waals surface area contributed by atoms with Gasteiger partial charge >= 0.3 is 6.09 Å². The molecule has 0 unspecified atom stereocenters. The van der Waals surface area contributed by atoms with E-state index in [0.29, 0.717) is 32.7 Å². The van der Waals surface area contributed by atoms with Crippen LogP contribution >= 0.6 is 0 Å². The number of rotatable bonds is 3.